The van der Waals surface area contributed by atoms with Gasteiger partial charge in [-0.2, -0.15) is 0 Å². The van der Waals surface area contributed by atoms with Crippen molar-refractivity contribution in [3.05, 3.63) is 215 Å². The molecule has 59 heavy (non-hydrogen) atoms. The summed E-state index contributed by atoms with van der Waals surface area (Å²) in [6, 6.07) is 69.6. The third-order valence-electron chi connectivity index (χ3n) is 13.0. The van der Waals surface area contributed by atoms with E-state index in [-0.39, 0.29) is 10.8 Å². The van der Waals surface area contributed by atoms with Crippen molar-refractivity contribution >= 4 is 71.6 Å². The van der Waals surface area contributed by atoms with Crippen LogP contribution >= 0.6 is 15.9 Å². The number of hydrogen-bond donors (Lipinski definition) is 0. The van der Waals surface area contributed by atoms with E-state index in [9.17, 15) is 0 Å². The van der Waals surface area contributed by atoms with Crippen molar-refractivity contribution in [2.24, 2.45) is 0 Å². The van der Waals surface area contributed by atoms with Crippen molar-refractivity contribution < 1.29 is 0 Å². The Morgan fingerprint density at radius 3 is 1.20 bits per heavy atom. The van der Waals surface area contributed by atoms with Crippen molar-refractivity contribution in [3.8, 4) is 22.3 Å². The Morgan fingerprint density at radius 1 is 0.339 bits per heavy atom. The van der Waals surface area contributed by atoms with E-state index < -0.39 is 0 Å². The Labute approximate surface area is 355 Å². The molecule has 0 heterocycles. The number of fused-ring (bicyclic) bond motifs is 8. The van der Waals surface area contributed by atoms with Gasteiger partial charge in [0.25, 0.3) is 0 Å². The van der Waals surface area contributed by atoms with Crippen molar-refractivity contribution in [2.75, 3.05) is 9.80 Å². The summed E-state index contributed by atoms with van der Waals surface area (Å²) in [5.74, 6) is 0. The third kappa shape index (κ3) is 5.52. The van der Waals surface area contributed by atoms with Crippen LogP contribution in [0.1, 0.15) is 49.9 Å². The van der Waals surface area contributed by atoms with Gasteiger partial charge >= 0.3 is 0 Å². The van der Waals surface area contributed by atoms with E-state index in [2.05, 4.69) is 241 Å². The molecule has 0 atom stereocenters. The van der Waals surface area contributed by atoms with E-state index >= 15 is 0 Å². The van der Waals surface area contributed by atoms with E-state index in [1.165, 1.54) is 66.1 Å². The zero-order valence-corrected chi connectivity index (χ0v) is 35.3. The Hall–Kier alpha value is -6.42. The van der Waals surface area contributed by atoms with Gasteiger partial charge in [0.2, 0.25) is 0 Å². The average Bonchev–Trinajstić information content (AvgIpc) is 3.63. The first-order chi connectivity index (χ1) is 28.7. The fourth-order valence-electron chi connectivity index (χ4n) is 10.1. The first-order valence-electron chi connectivity index (χ1n) is 20.5. The molecule has 0 radical (unpaired) electrons. The molecule has 2 nitrogen and oxygen atoms in total. The highest BCUT2D eigenvalue weighted by Gasteiger charge is 2.37. The summed E-state index contributed by atoms with van der Waals surface area (Å²) in [5, 5.41) is 4.81. The highest BCUT2D eigenvalue weighted by atomic mass is 79.9. The molecule has 9 aromatic carbocycles. The summed E-state index contributed by atoms with van der Waals surface area (Å²) in [4.78, 5) is 4.92. The van der Waals surface area contributed by atoms with Gasteiger partial charge in [0.05, 0.1) is 11.4 Å². The Bertz CT molecular complexity index is 2940. The highest BCUT2D eigenvalue weighted by Crippen LogP contribution is 2.53. The largest absolute Gasteiger partial charge is 0.310 e. The first kappa shape index (κ1) is 35.7. The van der Waals surface area contributed by atoms with Crippen LogP contribution in [0.5, 0.6) is 0 Å². The molecule has 0 bridgehead atoms. The molecule has 0 aliphatic heterocycles. The van der Waals surface area contributed by atoms with Crippen LogP contribution < -0.4 is 9.80 Å². The number of anilines is 6. The van der Waals surface area contributed by atoms with E-state index in [0.717, 1.165) is 38.6 Å². The van der Waals surface area contributed by atoms with Gasteiger partial charge in [0.15, 0.2) is 0 Å². The van der Waals surface area contributed by atoms with Crippen molar-refractivity contribution in [2.45, 2.75) is 38.5 Å². The quantitative estimate of drug-likeness (QED) is 0.165. The maximum atomic E-state index is 4.06. The molecule has 2 aliphatic rings. The maximum Gasteiger partial charge on any atom is 0.0540 e. The summed E-state index contributed by atoms with van der Waals surface area (Å²) in [5.41, 5.74) is 17.1. The van der Waals surface area contributed by atoms with E-state index in [0.29, 0.717) is 0 Å². The third-order valence-corrected chi connectivity index (χ3v) is 13.5. The van der Waals surface area contributed by atoms with Crippen LogP contribution in [0.3, 0.4) is 0 Å². The fraction of sp³-hybridized carbons (Fsp3) is 0.107. The molecule has 11 rings (SSSR count). The topological polar surface area (TPSA) is 6.48 Å². The number of rotatable bonds is 6. The molecule has 0 amide bonds. The van der Waals surface area contributed by atoms with Gasteiger partial charge in [-0.15, -0.1) is 0 Å². The molecule has 0 saturated heterocycles. The lowest BCUT2D eigenvalue weighted by Gasteiger charge is -2.32. The normalized spacial score (nSPS) is 14.1. The first-order valence-corrected chi connectivity index (χ1v) is 21.3. The lowest BCUT2D eigenvalue weighted by Crippen LogP contribution is -2.18. The molecule has 0 fully saturated rings. The zero-order valence-electron chi connectivity index (χ0n) is 33.7. The van der Waals surface area contributed by atoms with Gasteiger partial charge in [-0.05, 0) is 110 Å². The molecular formula is C56H43BrN2. The van der Waals surface area contributed by atoms with Crippen LogP contribution in [0.4, 0.5) is 34.1 Å². The Balaban J connectivity index is 1.15. The molecule has 0 spiro atoms. The summed E-state index contributed by atoms with van der Waals surface area (Å²) in [6.45, 7) is 9.44. The van der Waals surface area contributed by atoms with Crippen LogP contribution in [-0.2, 0) is 10.8 Å². The monoisotopic (exact) mass is 822 g/mol. The van der Waals surface area contributed by atoms with Gasteiger partial charge in [0, 0.05) is 48.8 Å². The smallest absolute Gasteiger partial charge is 0.0540 e. The van der Waals surface area contributed by atoms with Crippen LogP contribution in [0, 0.1) is 0 Å². The number of nitrogens with zero attached hydrogens (tertiary/aromatic N) is 2. The summed E-state index contributed by atoms with van der Waals surface area (Å²) in [7, 11) is 0. The lowest BCUT2D eigenvalue weighted by atomic mass is 9.82. The van der Waals surface area contributed by atoms with Crippen LogP contribution in [-0.4, -0.2) is 0 Å². The molecule has 0 saturated carbocycles. The SMILES string of the molecule is CC1(C)c2ccccc2-c2ccc(N(c3cc(Br)cc(N(c4ccc5c(c4)C(C)(C)c4ccccc4-5)c4cccc5ccccc45)c3)c3cccc4ccccc34)cc21. The number of benzene rings is 9. The highest BCUT2D eigenvalue weighted by molar-refractivity contribution is 9.10. The average molecular weight is 824 g/mol. The predicted molar refractivity (Wildman–Crippen MR) is 254 cm³/mol. The van der Waals surface area contributed by atoms with Crippen LogP contribution in [0.25, 0.3) is 43.8 Å². The van der Waals surface area contributed by atoms with Crippen molar-refractivity contribution in [1.82, 2.24) is 0 Å². The van der Waals surface area contributed by atoms with Crippen molar-refractivity contribution in [1.29, 1.82) is 0 Å². The second-order valence-electron chi connectivity index (χ2n) is 17.1. The molecule has 284 valence electrons. The predicted octanol–water partition coefficient (Wildman–Crippen LogP) is 16.3. The van der Waals surface area contributed by atoms with Crippen LogP contribution in [0.2, 0.25) is 0 Å². The van der Waals surface area contributed by atoms with Gasteiger partial charge in [-0.25, -0.2) is 0 Å². The van der Waals surface area contributed by atoms with Gasteiger partial charge < -0.3 is 9.80 Å². The van der Waals surface area contributed by atoms with Crippen LogP contribution in [0.15, 0.2) is 193 Å². The van der Waals surface area contributed by atoms with Gasteiger partial charge in [-0.1, -0.05) is 177 Å². The lowest BCUT2D eigenvalue weighted by molar-refractivity contribution is 0.660. The molecular weight excluding hydrogens is 781 g/mol. The summed E-state index contributed by atoms with van der Waals surface area (Å²) >= 11 is 4.06. The molecule has 2 aliphatic carbocycles. The number of hydrogen-bond acceptors (Lipinski definition) is 2. The fourth-order valence-corrected chi connectivity index (χ4v) is 10.6. The van der Waals surface area contributed by atoms with Gasteiger partial charge in [-0.3, -0.25) is 0 Å². The minimum atomic E-state index is -0.138. The second kappa shape index (κ2) is 13.3. The van der Waals surface area contributed by atoms with E-state index in [1.807, 2.05) is 0 Å². The summed E-state index contributed by atoms with van der Waals surface area (Å²) in [6.07, 6.45) is 0. The van der Waals surface area contributed by atoms with Crippen molar-refractivity contribution in [3.63, 3.8) is 0 Å². The Kier molecular flexibility index (Phi) is 8.06. The second-order valence-corrected chi connectivity index (χ2v) is 18.1. The maximum absolute atomic E-state index is 4.06. The molecule has 0 N–H and O–H groups in total. The van der Waals surface area contributed by atoms with E-state index in [1.54, 1.807) is 0 Å². The standard InChI is InChI=1S/C56H43BrN2/c1-55(2)49-23-11-9-21-45(49)47-29-27-39(34-51(47)55)58(53-25-13-17-36-15-5-7-19-43(36)53)41-31-38(57)32-42(33-41)59(54-26-14-18-37-16-6-8-20-44(37)54)40-28-30-48-46-22-10-12-24-50(46)56(3,4)52(48)35-40/h5-35H,1-4H3. The molecule has 9 aromatic rings. The minimum absolute atomic E-state index is 0.138. The van der Waals surface area contributed by atoms with Gasteiger partial charge in [0.1, 0.15) is 0 Å². The minimum Gasteiger partial charge on any atom is -0.310 e. The summed E-state index contributed by atoms with van der Waals surface area (Å²) < 4.78 is 1.00. The zero-order chi connectivity index (χ0) is 40.0. The molecule has 0 aromatic heterocycles. The Morgan fingerprint density at radius 2 is 0.729 bits per heavy atom. The number of halogens is 1. The molecule has 3 heteroatoms. The van der Waals surface area contributed by atoms with E-state index in [4.69, 9.17) is 0 Å². The molecule has 0 unspecified atom stereocenters.